The second-order valence-electron chi connectivity index (χ2n) is 4.17. The fraction of sp³-hybridized carbons (Fsp3) is 0.308. The molecule has 2 aromatic rings. The number of aryl methyl sites for hydroxylation is 2. The quantitative estimate of drug-likeness (QED) is 0.932. The first-order valence-corrected chi connectivity index (χ1v) is 6.84. The van der Waals surface area contributed by atoms with Gasteiger partial charge in [-0.05, 0) is 24.1 Å². The Morgan fingerprint density at radius 1 is 1.50 bits per heavy atom. The molecule has 0 radical (unpaired) electrons. The van der Waals surface area contributed by atoms with E-state index in [4.69, 9.17) is 11.6 Å². The van der Waals surface area contributed by atoms with E-state index in [1.165, 1.54) is 0 Å². The first-order valence-electron chi connectivity index (χ1n) is 5.67. The summed E-state index contributed by atoms with van der Waals surface area (Å²) in [5.41, 5.74) is 0.855. The van der Waals surface area contributed by atoms with Crippen molar-refractivity contribution < 1.29 is 5.11 Å². The van der Waals surface area contributed by atoms with E-state index in [1.54, 1.807) is 18.3 Å². The molecule has 2 rings (SSSR count). The molecule has 18 heavy (non-hydrogen) atoms. The number of hydrogen-bond donors (Lipinski definition) is 1. The summed E-state index contributed by atoms with van der Waals surface area (Å²) in [5.74, 6) is 0.971. The van der Waals surface area contributed by atoms with Crippen molar-refractivity contribution in [2.75, 3.05) is 0 Å². The van der Waals surface area contributed by atoms with E-state index in [9.17, 15) is 5.11 Å². The van der Waals surface area contributed by atoms with E-state index in [2.05, 4.69) is 20.9 Å². The third-order valence-electron chi connectivity index (χ3n) is 2.88. The number of aliphatic hydroxyl groups excluding tert-OH is 1. The Hall–Kier alpha value is -0.840. The summed E-state index contributed by atoms with van der Waals surface area (Å²) in [6.45, 7) is 0. The zero-order valence-electron chi connectivity index (χ0n) is 9.98. The van der Waals surface area contributed by atoms with Crippen LogP contribution in [-0.4, -0.2) is 14.7 Å². The Morgan fingerprint density at radius 3 is 2.89 bits per heavy atom. The van der Waals surface area contributed by atoms with Crippen molar-refractivity contribution in [2.24, 2.45) is 7.05 Å². The van der Waals surface area contributed by atoms with Crippen molar-refractivity contribution in [1.29, 1.82) is 0 Å². The van der Waals surface area contributed by atoms with Gasteiger partial charge in [0, 0.05) is 35.4 Å². The molecule has 5 heteroatoms. The van der Waals surface area contributed by atoms with Crippen LogP contribution >= 0.6 is 27.5 Å². The molecular weight excluding hydrogens is 316 g/mol. The highest BCUT2D eigenvalue weighted by Crippen LogP contribution is 2.28. The van der Waals surface area contributed by atoms with E-state index in [1.807, 2.05) is 23.9 Å². The van der Waals surface area contributed by atoms with Crippen molar-refractivity contribution in [1.82, 2.24) is 9.55 Å². The lowest BCUT2D eigenvalue weighted by atomic mass is 10.0. The van der Waals surface area contributed by atoms with Gasteiger partial charge in [-0.1, -0.05) is 33.6 Å². The molecule has 96 valence electrons. The van der Waals surface area contributed by atoms with Crippen LogP contribution < -0.4 is 0 Å². The summed E-state index contributed by atoms with van der Waals surface area (Å²) in [4.78, 5) is 4.24. The molecule has 1 atom stereocenters. The molecule has 1 aromatic heterocycles. The monoisotopic (exact) mass is 328 g/mol. The molecule has 3 nitrogen and oxygen atoms in total. The van der Waals surface area contributed by atoms with Gasteiger partial charge in [-0.2, -0.15) is 0 Å². The van der Waals surface area contributed by atoms with Crippen LogP contribution in [0, 0.1) is 0 Å². The predicted octanol–water partition coefficient (Wildman–Crippen LogP) is 3.50. The fourth-order valence-electron chi connectivity index (χ4n) is 1.83. The molecule has 0 saturated heterocycles. The summed E-state index contributed by atoms with van der Waals surface area (Å²) in [5, 5.41) is 10.8. The highest BCUT2D eigenvalue weighted by atomic mass is 79.9. The lowest BCUT2D eigenvalue weighted by Gasteiger charge is -2.13. The van der Waals surface area contributed by atoms with Gasteiger partial charge in [0.1, 0.15) is 5.82 Å². The van der Waals surface area contributed by atoms with Gasteiger partial charge in [-0.3, -0.25) is 0 Å². The number of nitrogens with zero attached hydrogens (tertiary/aromatic N) is 2. The van der Waals surface area contributed by atoms with Gasteiger partial charge in [-0.15, -0.1) is 0 Å². The number of benzene rings is 1. The zero-order chi connectivity index (χ0) is 13.1. The first kappa shape index (κ1) is 13.6. The van der Waals surface area contributed by atoms with Crippen LogP contribution in [0.25, 0.3) is 0 Å². The standard InChI is InChI=1S/C13H14BrClN2O/c1-17-7-6-16-13(17)5-4-12(18)10-3-2-9(15)8-11(10)14/h2-3,6-8,12,18H,4-5H2,1H3. The number of aliphatic hydroxyl groups is 1. The molecule has 0 bridgehead atoms. The van der Waals surface area contributed by atoms with E-state index >= 15 is 0 Å². The molecule has 0 saturated carbocycles. The second-order valence-corrected chi connectivity index (χ2v) is 5.47. The smallest absolute Gasteiger partial charge is 0.108 e. The molecule has 1 unspecified atom stereocenters. The highest BCUT2D eigenvalue weighted by Gasteiger charge is 2.12. The minimum absolute atomic E-state index is 0.520. The minimum Gasteiger partial charge on any atom is -0.388 e. The number of hydrogen-bond acceptors (Lipinski definition) is 2. The summed E-state index contributed by atoms with van der Waals surface area (Å²) >= 11 is 9.29. The summed E-state index contributed by atoms with van der Waals surface area (Å²) < 4.78 is 2.80. The van der Waals surface area contributed by atoms with Gasteiger partial charge in [0.15, 0.2) is 0 Å². The minimum atomic E-state index is -0.520. The van der Waals surface area contributed by atoms with Crippen LogP contribution in [-0.2, 0) is 13.5 Å². The third-order valence-corrected chi connectivity index (χ3v) is 3.81. The maximum atomic E-state index is 10.2. The Bertz CT molecular complexity index is 542. The lowest BCUT2D eigenvalue weighted by Crippen LogP contribution is -2.04. The van der Waals surface area contributed by atoms with Gasteiger partial charge in [0.25, 0.3) is 0 Å². The van der Waals surface area contributed by atoms with Gasteiger partial charge in [-0.25, -0.2) is 4.98 Å². The van der Waals surface area contributed by atoms with Crippen LogP contribution in [0.4, 0.5) is 0 Å². The molecule has 0 aliphatic carbocycles. The molecule has 1 heterocycles. The SMILES string of the molecule is Cn1ccnc1CCC(O)c1ccc(Cl)cc1Br. The lowest BCUT2D eigenvalue weighted by molar-refractivity contribution is 0.166. The van der Waals surface area contributed by atoms with Crippen molar-refractivity contribution in [3.63, 3.8) is 0 Å². The van der Waals surface area contributed by atoms with Crippen LogP contribution in [0.3, 0.4) is 0 Å². The van der Waals surface area contributed by atoms with Gasteiger partial charge >= 0.3 is 0 Å². The average molecular weight is 330 g/mol. The topological polar surface area (TPSA) is 38.0 Å². The largest absolute Gasteiger partial charge is 0.388 e. The predicted molar refractivity (Wildman–Crippen MR) is 75.6 cm³/mol. The van der Waals surface area contributed by atoms with Crippen LogP contribution in [0.1, 0.15) is 23.9 Å². The fourth-order valence-corrected chi connectivity index (χ4v) is 2.78. The molecule has 0 aliphatic rings. The molecule has 1 N–H and O–H groups in total. The van der Waals surface area contributed by atoms with Crippen LogP contribution in [0.15, 0.2) is 35.1 Å². The Labute approximate surface area is 120 Å². The number of imidazole rings is 1. The maximum absolute atomic E-state index is 10.2. The van der Waals surface area contributed by atoms with Crippen LogP contribution in [0.5, 0.6) is 0 Å². The Morgan fingerprint density at radius 2 is 2.28 bits per heavy atom. The zero-order valence-corrected chi connectivity index (χ0v) is 12.3. The Kier molecular flexibility index (Phi) is 4.43. The van der Waals surface area contributed by atoms with E-state index in [-0.39, 0.29) is 0 Å². The summed E-state index contributed by atoms with van der Waals surface area (Å²) in [6.07, 6.45) is 4.51. The van der Waals surface area contributed by atoms with E-state index in [0.29, 0.717) is 11.4 Å². The van der Waals surface area contributed by atoms with Gasteiger partial charge < -0.3 is 9.67 Å². The van der Waals surface area contributed by atoms with Gasteiger partial charge in [0.2, 0.25) is 0 Å². The molecule has 1 aromatic carbocycles. The molecule has 0 fully saturated rings. The van der Waals surface area contributed by atoms with Crippen molar-refractivity contribution in [3.05, 3.63) is 51.5 Å². The molecule has 0 amide bonds. The second kappa shape index (κ2) is 5.87. The molecule has 0 spiro atoms. The van der Waals surface area contributed by atoms with E-state index in [0.717, 1.165) is 22.3 Å². The normalized spacial score (nSPS) is 12.7. The summed E-state index contributed by atoms with van der Waals surface area (Å²) in [6, 6.07) is 5.42. The van der Waals surface area contributed by atoms with E-state index < -0.39 is 6.10 Å². The maximum Gasteiger partial charge on any atom is 0.108 e. The molecular formula is C13H14BrClN2O. The molecule has 0 aliphatic heterocycles. The number of rotatable bonds is 4. The first-order chi connectivity index (χ1) is 8.58. The van der Waals surface area contributed by atoms with Crippen molar-refractivity contribution in [3.8, 4) is 0 Å². The van der Waals surface area contributed by atoms with Crippen molar-refractivity contribution in [2.45, 2.75) is 18.9 Å². The highest BCUT2D eigenvalue weighted by molar-refractivity contribution is 9.10. The number of aromatic nitrogens is 2. The number of halogens is 2. The van der Waals surface area contributed by atoms with Crippen molar-refractivity contribution >= 4 is 27.5 Å². The Balaban J connectivity index is 2.03. The van der Waals surface area contributed by atoms with Gasteiger partial charge in [0.05, 0.1) is 6.10 Å². The third kappa shape index (κ3) is 3.13. The van der Waals surface area contributed by atoms with Crippen LogP contribution in [0.2, 0.25) is 5.02 Å². The average Bonchev–Trinajstić information content (AvgIpc) is 2.72. The summed E-state index contributed by atoms with van der Waals surface area (Å²) in [7, 11) is 1.95.